The van der Waals surface area contributed by atoms with Crippen LogP contribution in [0, 0.1) is 0 Å². The number of nitrogens with one attached hydrogen (secondary N) is 2. The molecule has 144 valence electrons. The van der Waals surface area contributed by atoms with Gasteiger partial charge in [-0.05, 0) is 23.3 Å². The SMILES string of the molecule is COc1ccc(CNC(=O)C(Cc2ccccc2)NC(=O)c2ccco2)cn1. The maximum absolute atomic E-state index is 12.7. The van der Waals surface area contributed by atoms with Crippen molar-refractivity contribution < 1.29 is 18.7 Å². The van der Waals surface area contributed by atoms with Crippen molar-refractivity contribution >= 4 is 11.8 Å². The summed E-state index contributed by atoms with van der Waals surface area (Å²) in [6.45, 7) is 0.289. The first-order valence-corrected chi connectivity index (χ1v) is 8.80. The number of benzene rings is 1. The molecule has 3 aromatic rings. The normalized spacial score (nSPS) is 11.5. The van der Waals surface area contributed by atoms with Crippen molar-refractivity contribution in [2.75, 3.05) is 7.11 Å². The summed E-state index contributed by atoms with van der Waals surface area (Å²) < 4.78 is 10.1. The molecule has 0 fully saturated rings. The Morgan fingerprint density at radius 2 is 1.89 bits per heavy atom. The monoisotopic (exact) mass is 379 g/mol. The molecule has 2 amide bonds. The fourth-order valence-electron chi connectivity index (χ4n) is 2.64. The van der Waals surface area contributed by atoms with Gasteiger partial charge in [-0.15, -0.1) is 0 Å². The number of aromatic nitrogens is 1. The molecule has 0 radical (unpaired) electrons. The maximum Gasteiger partial charge on any atom is 0.287 e. The molecule has 2 N–H and O–H groups in total. The Morgan fingerprint density at radius 1 is 1.07 bits per heavy atom. The summed E-state index contributed by atoms with van der Waals surface area (Å²) in [5, 5.41) is 5.58. The molecule has 1 unspecified atom stereocenters. The third kappa shape index (κ3) is 5.20. The second kappa shape index (κ2) is 9.36. The third-order valence-electron chi connectivity index (χ3n) is 4.12. The highest BCUT2D eigenvalue weighted by Gasteiger charge is 2.22. The Kier molecular flexibility index (Phi) is 6.41. The molecule has 2 heterocycles. The van der Waals surface area contributed by atoms with Crippen LogP contribution >= 0.6 is 0 Å². The van der Waals surface area contributed by atoms with Crippen LogP contribution in [0.15, 0.2) is 71.5 Å². The fraction of sp³-hybridized carbons (Fsp3) is 0.190. The smallest absolute Gasteiger partial charge is 0.287 e. The van der Waals surface area contributed by atoms with E-state index in [4.69, 9.17) is 9.15 Å². The summed E-state index contributed by atoms with van der Waals surface area (Å²) in [6, 6.07) is 15.5. The molecule has 0 aliphatic carbocycles. The highest BCUT2D eigenvalue weighted by atomic mass is 16.5. The average Bonchev–Trinajstić information content (AvgIpc) is 3.28. The molecule has 7 heteroatoms. The van der Waals surface area contributed by atoms with Gasteiger partial charge in [-0.25, -0.2) is 4.98 Å². The van der Waals surface area contributed by atoms with Gasteiger partial charge in [-0.2, -0.15) is 0 Å². The van der Waals surface area contributed by atoms with Crippen LogP contribution in [-0.2, 0) is 17.8 Å². The zero-order valence-corrected chi connectivity index (χ0v) is 15.4. The molecule has 0 saturated heterocycles. The molecule has 0 bridgehead atoms. The lowest BCUT2D eigenvalue weighted by Gasteiger charge is -2.18. The Hall–Kier alpha value is -3.61. The minimum atomic E-state index is -0.744. The number of pyridine rings is 1. The molecule has 1 aromatic carbocycles. The number of nitrogens with zero attached hydrogens (tertiary/aromatic N) is 1. The van der Waals surface area contributed by atoms with Crippen LogP contribution in [0.2, 0.25) is 0 Å². The van der Waals surface area contributed by atoms with Crippen molar-refractivity contribution in [2.45, 2.75) is 19.0 Å². The Balaban J connectivity index is 1.67. The predicted molar refractivity (Wildman–Crippen MR) is 103 cm³/mol. The molecule has 3 rings (SSSR count). The van der Waals surface area contributed by atoms with Crippen LogP contribution in [0.1, 0.15) is 21.7 Å². The van der Waals surface area contributed by atoms with E-state index in [1.165, 1.54) is 6.26 Å². The van der Waals surface area contributed by atoms with E-state index in [1.807, 2.05) is 36.4 Å². The van der Waals surface area contributed by atoms with Crippen molar-refractivity contribution in [2.24, 2.45) is 0 Å². The predicted octanol–water partition coefficient (Wildman–Crippen LogP) is 2.34. The number of carbonyl (C=O) groups excluding carboxylic acids is 2. The van der Waals surface area contributed by atoms with Gasteiger partial charge in [-0.3, -0.25) is 9.59 Å². The lowest BCUT2D eigenvalue weighted by molar-refractivity contribution is -0.123. The molecule has 0 aliphatic rings. The van der Waals surface area contributed by atoms with E-state index < -0.39 is 11.9 Å². The van der Waals surface area contributed by atoms with E-state index in [1.54, 1.807) is 31.5 Å². The average molecular weight is 379 g/mol. The van der Waals surface area contributed by atoms with Crippen LogP contribution in [-0.4, -0.2) is 29.9 Å². The lowest BCUT2D eigenvalue weighted by atomic mass is 10.0. The van der Waals surface area contributed by atoms with Crippen molar-refractivity contribution in [3.8, 4) is 5.88 Å². The van der Waals surface area contributed by atoms with Gasteiger partial charge >= 0.3 is 0 Å². The van der Waals surface area contributed by atoms with Crippen molar-refractivity contribution in [3.63, 3.8) is 0 Å². The minimum absolute atomic E-state index is 0.158. The van der Waals surface area contributed by atoms with Gasteiger partial charge in [0.1, 0.15) is 6.04 Å². The van der Waals surface area contributed by atoms with Crippen LogP contribution in [0.3, 0.4) is 0 Å². The molecule has 7 nitrogen and oxygen atoms in total. The Morgan fingerprint density at radius 3 is 2.54 bits per heavy atom. The van der Waals surface area contributed by atoms with Gasteiger partial charge in [0.15, 0.2) is 5.76 Å². The number of hydrogen-bond donors (Lipinski definition) is 2. The van der Waals surface area contributed by atoms with E-state index in [2.05, 4.69) is 15.6 Å². The fourth-order valence-corrected chi connectivity index (χ4v) is 2.64. The van der Waals surface area contributed by atoms with E-state index in [-0.39, 0.29) is 18.2 Å². The molecule has 0 aliphatic heterocycles. The molecule has 1 atom stereocenters. The van der Waals surface area contributed by atoms with Crippen LogP contribution in [0.5, 0.6) is 5.88 Å². The van der Waals surface area contributed by atoms with Gasteiger partial charge in [0.25, 0.3) is 5.91 Å². The first-order valence-electron chi connectivity index (χ1n) is 8.80. The summed E-state index contributed by atoms with van der Waals surface area (Å²) in [6.07, 6.45) is 3.41. The number of methoxy groups -OCH3 is 1. The van der Waals surface area contributed by atoms with E-state index in [0.717, 1.165) is 11.1 Å². The van der Waals surface area contributed by atoms with Gasteiger partial charge in [-0.1, -0.05) is 36.4 Å². The summed E-state index contributed by atoms with van der Waals surface area (Å²) in [5.74, 6) is -0.0697. The number of rotatable bonds is 8. The van der Waals surface area contributed by atoms with Gasteiger partial charge in [0, 0.05) is 25.2 Å². The van der Waals surface area contributed by atoms with Crippen LogP contribution in [0.4, 0.5) is 0 Å². The van der Waals surface area contributed by atoms with E-state index in [9.17, 15) is 9.59 Å². The molecule has 0 saturated carbocycles. The zero-order valence-electron chi connectivity index (χ0n) is 15.4. The maximum atomic E-state index is 12.7. The molecule has 28 heavy (non-hydrogen) atoms. The van der Waals surface area contributed by atoms with Gasteiger partial charge < -0.3 is 19.8 Å². The minimum Gasteiger partial charge on any atom is -0.481 e. The summed E-state index contributed by atoms with van der Waals surface area (Å²) in [5.41, 5.74) is 1.76. The second-order valence-corrected chi connectivity index (χ2v) is 6.12. The second-order valence-electron chi connectivity index (χ2n) is 6.12. The lowest BCUT2D eigenvalue weighted by Crippen LogP contribution is -2.47. The van der Waals surface area contributed by atoms with E-state index in [0.29, 0.717) is 12.3 Å². The molecular weight excluding hydrogens is 358 g/mol. The quantitative estimate of drug-likeness (QED) is 0.627. The topological polar surface area (TPSA) is 93.5 Å². The first kappa shape index (κ1) is 19.2. The number of carbonyl (C=O) groups is 2. The first-order chi connectivity index (χ1) is 13.7. The van der Waals surface area contributed by atoms with Crippen molar-refractivity contribution in [3.05, 3.63) is 83.9 Å². The zero-order chi connectivity index (χ0) is 19.8. The number of amides is 2. The van der Waals surface area contributed by atoms with E-state index >= 15 is 0 Å². The molecule has 0 spiro atoms. The number of furan rings is 1. The molecule has 2 aromatic heterocycles. The van der Waals surface area contributed by atoms with Crippen LogP contribution in [0.25, 0.3) is 0 Å². The number of hydrogen-bond acceptors (Lipinski definition) is 5. The summed E-state index contributed by atoms with van der Waals surface area (Å²) >= 11 is 0. The Bertz CT molecular complexity index is 893. The van der Waals surface area contributed by atoms with Gasteiger partial charge in [0.05, 0.1) is 13.4 Å². The highest BCUT2D eigenvalue weighted by molar-refractivity contribution is 5.95. The van der Waals surface area contributed by atoms with Crippen molar-refractivity contribution in [1.29, 1.82) is 0 Å². The summed E-state index contributed by atoms with van der Waals surface area (Å²) in [7, 11) is 1.54. The third-order valence-corrected chi connectivity index (χ3v) is 4.12. The standard InChI is InChI=1S/C21H21N3O4/c1-27-19-10-9-16(13-22-19)14-23-20(25)17(12-15-6-3-2-4-7-15)24-21(26)18-8-5-11-28-18/h2-11,13,17H,12,14H2,1H3,(H,23,25)(H,24,26). The molecular formula is C21H21N3O4. The Labute approximate surface area is 162 Å². The van der Waals surface area contributed by atoms with Crippen molar-refractivity contribution in [1.82, 2.24) is 15.6 Å². The highest BCUT2D eigenvalue weighted by Crippen LogP contribution is 2.08. The summed E-state index contributed by atoms with van der Waals surface area (Å²) in [4.78, 5) is 29.2. The van der Waals surface area contributed by atoms with Crippen LogP contribution < -0.4 is 15.4 Å². The van der Waals surface area contributed by atoms with Gasteiger partial charge in [0.2, 0.25) is 11.8 Å². The number of ether oxygens (including phenoxy) is 1. The largest absolute Gasteiger partial charge is 0.481 e.